The molecule has 1 aromatic carbocycles. The lowest BCUT2D eigenvalue weighted by atomic mass is 10.2. The average Bonchev–Trinajstić information content (AvgIpc) is 3.32. The number of piperazine rings is 1. The Bertz CT molecular complexity index is 778. The van der Waals surface area contributed by atoms with E-state index in [4.69, 9.17) is 16.6 Å². The first-order valence-corrected chi connectivity index (χ1v) is 10.9. The molecule has 26 heavy (non-hydrogen) atoms. The molecule has 2 N–H and O–H groups in total. The Morgan fingerprint density at radius 1 is 1.31 bits per heavy atom. The van der Waals surface area contributed by atoms with Crippen molar-refractivity contribution in [2.75, 3.05) is 31.1 Å². The maximum absolute atomic E-state index is 9.21. The van der Waals surface area contributed by atoms with Crippen molar-refractivity contribution in [2.24, 2.45) is 0 Å². The zero-order valence-electron chi connectivity index (χ0n) is 15.4. The third-order valence-electron chi connectivity index (χ3n) is 5.77. The van der Waals surface area contributed by atoms with Crippen LogP contribution in [0.1, 0.15) is 33.1 Å². The molecule has 2 bridgehead atoms. The summed E-state index contributed by atoms with van der Waals surface area (Å²) in [4.78, 5) is 13.1. The topological polar surface area (TPSA) is 55.4 Å². The third kappa shape index (κ3) is 3.33. The Kier molecular flexibility index (Phi) is 5.37. The molecule has 0 spiro atoms. The molecular weight excluding hydrogens is 368 g/mol. The highest BCUT2D eigenvalue weighted by Crippen LogP contribution is 2.39. The summed E-state index contributed by atoms with van der Waals surface area (Å²) in [5.74, 6) is 0. The third-order valence-corrected chi connectivity index (χ3v) is 7.49. The van der Waals surface area contributed by atoms with Crippen LogP contribution in [0.15, 0.2) is 17.3 Å². The lowest BCUT2D eigenvalue weighted by Crippen LogP contribution is -2.47. The largest absolute Gasteiger partial charge is 0.395 e. The van der Waals surface area contributed by atoms with Gasteiger partial charge in [0.05, 0.1) is 28.4 Å². The average molecular weight is 395 g/mol. The monoisotopic (exact) mass is 394 g/mol. The minimum Gasteiger partial charge on any atom is -0.395 e. The van der Waals surface area contributed by atoms with Crippen LogP contribution in [0.5, 0.6) is 0 Å². The van der Waals surface area contributed by atoms with E-state index >= 15 is 0 Å². The van der Waals surface area contributed by atoms with Crippen LogP contribution in [0.3, 0.4) is 0 Å². The molecule has 1 aromatic heterocycles. The second kappa shape index (κ2) is 7.58. The number of nitrogens with one attached hydrogen (secondary N) is 1. The molecular formula is C19H27ClN4OS. The number of H-pyrrole nitrogens is 1. The van der Waals surface area contributed by atoms with Crippen molar-refractivity contribution in [3.05, 3.63) is 17.2 Å². The zero-order valence-corrected chi connectivity index (χ0v) is 17.0. The number of aromatic nitrogens is 2. The van der Waals surface area contributed by atoms with Crippen molar-refractivity contribution >= 4 is 40.1 Å². The lowest BCUT2D eigenvalue weighted by molar-refractivity contribution is 0.177. The van der Waals surface area contributed by atoms with Crippen LogP contribution in [0.2, 0.25) is 5.02 Å². The van der Waals surface area contributed by atoms with E-state index in [1.165, 1.54) is 0 Å². The molecule has 0 aliphatic carbocycles. The Hall–Kier alpha value is -0.950. The fourth-order valence-corrected chi connectivity index (χ4v) is 5.57. The molecule has 0 amide bonds. The molecule has 3 heterocycles. The highest BCUT2D eigenvalue weighted by atomic mass is 35.5. The molecule has 2 saturated heterocycles. The van der Waals surface area contributed by atoms with Crippen molar-refractivity contribution < 1.29 is 5.11 Å². The SMILES string of the molecule is CCC(CC)Sc1nc2cc(N3C[C@@H]4C[C@H]3CN4CCO)c(Cl)cc2[nH]1. The van der Waals surface area contributed by atoms with Gasteiger partial charge in [-0.15, -0.1) is 0 Å². The van der Waals surface area contributed by atoms with Crippen molar-refractivity contribution in [1.82, 2.24) is 14.9 Å². The number of rotatable bonds is 7. The molecule has 7 heteroatoms. The first-order valence-electron chi connectivity index (χ1n) is 9.60. The normalized spacial score (nSPS) is 23.0. The van der Waals surface area contributed by atoms with Crippen molar-refractivity contribution in [3.8, 4) is 0 Å². The number of fused-ring (bicyclic) bond motifs is 3. The molecule has 2 atom stereocenters. The number of aliphatic hydroxyl groups excluding tert-OH is 1. The minimum absolute atomic E-state index is 0.236. The number of halogens is 1. The van der Waals surface area contributed by atoms with E-state index in [0.717, 1.165) is 65.8 Å². The summed E-state index contributed by atoms with van der Waals surface area (Å²) < 4.78 is 0. The van der Waals surface area contributed by atoms with Gasteiger partial charge < -0.3 is 15.0 Å². The summed E-state index contributed by atoms with van der Waals surface area (Å²) in [6, 6.07) is 5.17. The Morgan fingerprint density at radius 3 is 2.77 bits per heavy atom. The molecule has 142 valence electrons. The molecule has 0 unspecified atom stereocenters. The molecule has 2 aliphatic rings. The predicted octanol–water partition coefficient (Wildman–Crippen LogP) is 3.75. The summed E-state index contributed by atoms with van der Waals surface area (Å²) >= 11 is 8.46. The molecule has 4 rings (SSSR count). The Balaban J connectivity index is 1.56. The first kappa shape index (κ1) is 18.4. The van der Waals surface area contributed by atoms with Gasteiger partial charge in [0.15, 0.2) is 5.16 Å². The van der Waals surface area contributed by atoms with Gasteiger partial charge in [-0.1, -0.05) is 37.2 Å². The van der Waals surface area contributed by atoms with Gasteiger partial charge in [-0.05, 0) is 31.4 Å². The number of aromatic amines is 1. The number of anilines is 1. The fourth-order valence-electron chi connectivity index (χ4n) is 4.33. The van der Waals surface area contributed by atoms with E-state index in [1.54, 1.807) is 0 Å². The quantitative estimate of drug-likeness (QED) is 0.700. The second-order valence-electron chi connectivity index (χ2n) is 7.33. The second-order valence-corrected chi connectivity index (χ2v) is 9.03. The number of thioether (sulfide) groups is 1. The number of benzene rings is 1. The van der Waals surface area contributed by atoms with Crippen molar-refractivity contribution in [1.29, 1.82) is 0 Å². The molecule has 0 saturated carbocycles. The Morgan fingerprint density at radius 2 is 2.12 bits per heavy atom. The van der Waals surface area contributed by atoms with E-state index < -0.39 is 0 Å². The number of hydrogen-bond acceptors (Lipinski definition) is 5. The van der Waals surface area contributed by atoms with Gasteiger partial charge in [0.2, 0.25) is 0 Å². The summed E-state index contributed by atoms with van der Waals surface area (Å²) in [5, 5.41) is 11.6. The zero-order chi connectivity index (χ0) is 18.3. The summed E-state index contributed by atoms with van der Waals surface area (Å²) in [5.41, 5.74) is 3.10. The number of nitrogens with zero attached hydrogens (tertiary/aromatic N) is 3. The van der Waals surface area contributed by atoms with Crippen molar-refractivity contribution in [3.63, 3.8) is 0 Å². The van der Waals surface area contributed by atoms with Crippen LogP contribution < -0.4 is 4.90 Å². The highest BCUT2D eigenvalue weighted by Gasteiger charge is 2.43. The predicted molar refractivity (Wildman–Crippen MR) is 110 cm³/mol. The molecule has 2 aliphatic heterocycles. The van der Waals surface area contributed by atoms with Gasteiger partial charge in [-0.2, -0.15) is 0 Å². The molecule has 2 fully saturated rings. The number of hydrogen-bond donors (Lipinski definition) is 2. The van der Waals surface area contributed by atoms with Crippen LogP contribution >= 0.6 is 23.4 Å². The maximum Gasteiger partial charge on any atom is 0.166 e. The fraction of sp³-hybridized carbons (Fsp3) is 0.632. The van der Waals surface area contributed by atoms with E-state index in [2.05, 4.69) is 34.7 Å². The van der Waals surface area contributed by atoms with E-state index in [-0.39, 0.29) is 6.61 Å². The Labute approximate surface area is 164 Å². The molecule has 5 nitrogen and oxygen atoms in total. The summed E-state index contributed by atoms with van der Waals surface area (Å²) in [6.07, 6.45) is 3.45. The summed E-state index contributed by atoms with van der Waals surface area (Å²) in [6.45, 7) is 7.45. The van der Waals surface area contributed by atoms with E-state index in [9.17, 15) is 5.11 Å². The van der Waals surface area contributed by atoms with Crippen LogP contribution in [-0.2, 0) is 0 Å². The van der Waals surface area contributed by atoms with Gasteiger partial charge in [-0.3, -0.25) is 4.90 Å². The van der Waals surface area contributed by atoms with Gasteiger partial charge >= 0.3 is 0 Å². The number of likely N-dealkylation sites (tertiary alicyclic amines) is 1. The van der Waals surface area contributed by atoms with Gasteiger partial charge in [0, 0.05) is 37.0 Å². The lowest BCUT2D eigenvalue weighted by Gasteiger charge is -2.35. The minimum atomic E-state index is 0.236. The smallest absolute Gasteiger partial charge is 0.166 e. The van der Waals surface area contributed by atoms with E-state index in [1.807, 2.05) is 17.8 Å². The van der Waals surface area contributed by atoms with Crippen LogP contribution in [0.4, 0.5) is 5.69 Å². The van der Waals surface area contributed by atoms with E-state index in [0.29, 0.717) is 17.3 Å². The first-order chi connectivity index (χ1) is 12.6. The van der Waals surface area contributed by atoms with Gasteiger partial charge in [-0.25, -0.2) is 4.98 Å². The molecule has 0 radical (unpaired) electrons. The molecule has 2 aromatic rings. The van der Waals surface area contributed by atoms with Gasteiger partial charge in [0.1, 0.15) is 0 Å². The van der Waals surface area contributed by atoms with Gasteiger partial charge in [0.25, 0.3) is 0 Å². The summed E-state index contributed by atoms with van der Waals surface area (Å²) in [7, 11) is 0. The number of imidazole rings is 1. The number of aliphatic hydroxyl groups is 1. The van der Waals surface area contributed by atoms with Crippen LogP contribution in [-0.4, -0.2) is 63.5 Å². The van der Waals surface area contributed by atoms with Crippen LogP contribution in [0, 0.1) is 0 Å². The maximum atomic E-state index is 9.21. The number of β-amino-alcohol motifs (C(OH)–C–C–N with tert-alkyl or cyclic N) is 1. The van der Waals surface area contributed by atoms with Crippen LogP contribution in [0.25, 0.3) is 11.0 Å². The standard InChI is InChI=1S/C19H27ClN4OS/c1-3-14(4-2)26-19-21-16-8-15(20)18(9-17(16)22-19)24-11-12-7-13(24)10-23(12)5-6-25/h8-9,12-14,25H,3-7,10-11H2,1-2H3,(H,21,22)/t12-,13-/m0/s1. The van der Waals surface area contributed by atoms with Crippen molar-refractivity contribution in [2.45, 2.75) is 55.6 Å². The highest BCUT2D eigenvalue weighted by molar-refractivity contribution is 7.99.